The molecule has 1 aliphatic rings. The molecule has 2 aromatic rings. The molecule has 1 heterocycles. The summed E-state index contributed by atoms with van der Waals surface area (Å²) in [4.78, 5) is 14.9. The van der Waals surface area contributed by atoms with Crippen LogP contribution in [0.15, 0.2) is 36.4 Å². The number of hydrogen-bond acceptors (Lipinski definition) is 6. The average Bonchev–Trinajstić information content (AvgIpc) is 2.91. The molecule has 0 fully saturated rings. The molecule has 186 valence electrons. The number of halogens is 2. The highest BCUT2D eigenvalue weighted by molar-refractivity contribution is 5.78. The van der Waals surface area contributed by atoms with Gasteiger partial charge >= 0.3 is 5.92 Å². The van der Waals surface area contributed by atoms with Crippen LogP contribution >= 0.6 is 0 Å². The van der Waals surface area contributed by atoms with Gasteiger partial charge in [0, 0.05) is 32.1 Å². The van der Waals surface area contributed by atoms with Crippen LogP contribution < -0.4 is 14.8 Å². The van der Waals surface area contributed by atoms with E-state index in [1.54, 1.807) is 23.1 Å². The van der Waals surface area contributed by atoms with E-state index in [2.05, 4.69) is 5.32 Å². The summed E-state index contributed by atoms with van der Waals surface area (Å²) in [5, 5.41) is 23.2. The maximum atomic E-state index is 13.6. The Balaban J connectivity index is 1.67. The van der Waals surface area contributed by atoms with Gasteiger partial charge in [-0.3, -0.25) is 4.79 Å². The van der Waals surface area contributed by atoms with Gasteiger partial charge in [-0.1, -0.05) is 32.9 Å². The molecule has 34 heavy (non-hydrogen) atoms. The van der Waals surface area contributed by atoms with Gasteiger partial charge in [0.1, 0.15) is 5.75 Å². The Morgan fingerprint density at radius 2 is 1.85 bits per heavy atom. The molecule has 1 amide bonds. The Morgan fingerprint density at radius 1 is 1.12 bits per heavy atom. The highest BCUT2D eigenvalue weighted by Gasteiger charge is 2.36. The van der Waals surface area contributed by atoms with Crippen molar-refractivity contribution < 1.29 is 33.3 Å². The van der Waals surface area contributed by atoms with Crippen molar-refractivity contribution >= 4 is 5.91 Å². The molecule has 1 aliphatic heterocycles. The number of alkyl halides is 2. The van der Waals surface area contributed by atoms with Crippen molar-refractivity contribution in [3.63, 3.8) is 0 Å². The zero-order chi connectivity index (χ0) is 24.9. The van der Waals surface area contributed by atoms with Crippen LogP contribution in [0.4, 0.5) is 8.78 Å². The molecule has 2 aromatic carbocycles. The Bertz CT molecular complexity index is 999. The second kappa shape index (κ2) is 10.9. The molecule has 0 spiro atoms. The minimum Gasteiger partial charge on any atom is -0.508 e. The standard InChI is InChI=1S/C25H32F2N2O5/c1-16(2)12-29(24(32)17(3)10-28-11-18-5-4-6-20(30)7-18)13-19-8-21(31)23-22(9-19)33-14-25(26,27)15-34-23/h4-9,16-17,28,30-31H,10-15H2,1-3H3. The van der Waals surface area contributed by atoms with E-state index < -0.39 is 19.1 Å². The Morgan fingerprint density at radius 3 is 2.56 bits per heavy atom. The fraction of sp³-hybridized carbons (Fsp3) is 0.480. The van der Waals surface area contributed by atoms with Crippen molar-refractivity contribution in [3.8, 4) is 23.0 Å². The number of rotatable bonds is 9. The number of fused-ring (bicyclic) bond motifs is 1. The van der Waals surface area contributed by atoms with E-state index in [0.717, 1.165) is 5.56 Å². The van der Waals surface area contributed by atoms with Crippen LogP contribution in [0.5, 0.6) is 23.0 Å². The maximum Gasteiger partial charge on any atom is 0.314 e. The first-order valence-electron chi connectivity index (χ1n) is 11.3. The predicted molar refractivity (Wildman–Crippen MR) is 123 cm³/mol. The van der Waals surface area contributed by atoms with Gasteiger partial charge < -0.3 is 29.9 Å². The average molecular weight is 479 g/mol. The lowest BCUT2D eigenvalue weighted by Crippen LogP contribution is -2.40. The summed E-state index contributed by atoms with van der Waals surface area (Å²) in [6, 6.07) is 9.85. The molecule has 7 nitrogen and oxygen atoms in total. The van der Waals surface area contributed by atoms with E-state index in [9.17, 15) is 23.8 Å². The minimum atomic E-state index is -3.16. The molecule has 0 bridgehead atoms. The third kappa shape index (κ3) is 6.96. The summed E-state index contributed by atoms with van der Waals surface area (Å²) < 4.78 is 37.5. The van der Waals surface area contributed by atoms with E-state index in [4.69, 9.17) is 9.47 Å². The molecule has 0 aromatic heterocycles. The van der Waals surface area contributed by atoms with Gasteiger partial charge in [0.15, 0.2) is 24.7 Å². The summed E-state index contributed by atoms with van der Waals surface area (Å²) in [6.45, 7) is 5.73. The summed E-state index contributed by atoms with van der Waals surface area (Å²) in [6.07, 6.45) is 0. The zero-order valence-electron chi connectivity index (χ0n) is 19.7. The van der Waals surface area contributed by atoms with Crippen LogP contribution in [-0.4, -0.2) is 53.2 Å². The maximum absolute atomic E-state index is 13.6. The van der Waals surface area contributed by atoms with Crippen molar-refractivity contribution in [1.29, 1.82) is 0 Å². The fourth-order valence-corrected chi connectivity index (χ4v) is 3.78. The molecule has 3 N–H and O–H groups in total. The third-order valence-corrected chi connectivity index (χ3v) is 5.34. The van der Waals surface area contributed by atoms with Crippen LogP contribution in [0.3, 0.4) is 0 Å². The van der Waals surface area contributed by atoms with Gasteiger partial charge in [-0.25, -0.2) is 0 Å². The Labute approximate surface area is 198 Å². The summed E-state index contributed by atoms with van der Waals surface area (Å²) in [5.74, 6) is -3.57. The zero-order valence-corrected chi connectivity index (χ0v) is 19.7. The first-order chi connectivity index (χ1) is 16.0. The highest BCUT2D eigenvalue weighted by atomic mass is 19.3. The van der Waals surface area contributed by atoms with Crippen molar-refractivity contribution in [2.24, 2.45) is 11.8 Å². The van der Waals surface area contributed by atoms with Crippen LogP contribution in [0.25, 0.3) is 0 Å². The molecular weight excluding hydrogens is 446 g/mol. The normalized spacial score (nSPS) is 15.6. The summed E-state index contributed by atoms with van der Waals surface area (Å²) in [7, 11) is 0. The minimum absolute atomic E-state index is 0.0324. The number of aromatic hydroxyl groups is 2. The monoisotopic (exact) mass is 478 g/mol. The van der Waals surface area contributed by atoms with E-state index in [1.165, 1.54) is 12.1 Å². The van der Waals surface area contributed by atoms with Gasteiger partial charge in [0.05, 0.1) is 0 Å². The van der Waals surface area contributed by atoms with E-state index in [1.807, 2.05) is 26.8 Å². The topological polar surface area (TPSA) is 91.3 Å². The van der Waals surface area contributed by atoms with Crippen molar-refractivity contribution in [2.75, 3.05) is 26.3 Å². The van der Waals surface area contributed by atoms with Gasteiger partial charge in [-0.15, -0.1) is 0 Å². The lowest BCUT2D eigenvalue weighted by atomic mass is 10.1. The number of phenolic OH excluding ortho intramolecular Hbond substituents is 2. The molecule has 0 saturated heterocycles. The first kappa shape index (κ1) is 25.6. The largest absolute Gasteiger partial charge is 0.508 e. The molecule has 1 atom stereocenters. The SMILES string of the molecule is CC(C)CN(Cc1cc(O)c2c(c1)OCC(F)(F)CO2)C(=O)C(C)CNCc1cccc(O)c1. The molecule has 0 aliphatic carbocycles. The number of amides is 1. The van der Waals surface area contributed by atoms with Crippen LogP contribution in [0, 0.1) is 11.8 Å². The van der Waals surface area contributed by atoms with E-state index in [-0.39, 0.29) is 47.3 Å². The van der Waals surface area contributed by atoms with Crippen LogP contribution in [0.2, 0.25) is 0 Å². The van der Waals surface area contributed by atoms with Crippen LogP contribution in [0.1, 0.15) is 31.9 Å². The van der Waals surface area contributed by atoms with Gasteiger partial charge in [0.2, 0.25) is 11.7 Å². The second-order valence-corrected chi connectivity index (χ2v) is 9.19. The number of ether oxygens (including phenoxy) is 2. The molecule has 1 unspecified atom stereocenters. The van der Waals surface area contributed by atoms with E-state index >= 15 is 0 Å². The highest BCUT2D eigenvalue weighted by Crippen LogP contribution is 2.41. The molecule has 0 saturated carbocycles. The lowest BCUT2D eigenvalue weighted by Gasteiger charge is -2.28. The second-order valence-electron chi connectivity index (χ2n) is 9.19. The summed E-state index contributed by atoms with van der Waals surface area (Å²) in [5.41, 5.74) is 1.46. The van der Waals surface area contributed by atoms with Crippen molar-refractivity contribution in [2.45, 2.75) is 39.8 Å². The number of carbonyl (C=O) groups is 1. The number of benzene rings is 2. The Kier molecular flexibility index (Phi) is 8.19. The van der Waals surface area contributed by atoms with Crippen molar-refractivity contribution in [3.05, 3.63) is 47.5 Å². The van der Waals surface area contributed by atoms with Crippen LogP contribution in [-0.2, 0) is 17.9 Å². The molecule has 9 heteroatoms. The van der Waals surface area contributed by atoms with Gasteiger partial charge in [0.25, 0.3) is 0 Å². The number of phenols is 2. The smallest absolute Gasteiger partial charge is 0.314 e. The lowest BCUT2D eigenvalue weighted by molar-refractivity contribution is -0.136. The predicted octanol–water partition coefficient (Wildman–Crippen LogP) is 3.91. The quantitative estimate of drug-likeness (QED) is 0.506. The fourth-order valence-electron chi connectivity index (χ4n) is 3.78. The Hall–Kier alpha value is -3.07. The molecular formula is C25H32F2N2O5. The van der Waals surface area contributed by atoms with Gasteiger partial charge in [-0.2, -0.15) is 8.78 Å². The molecule has 3 rings (SSSR count). The van der Waals surface area contributed by atoms with Crippen molar-refractivity contribution in [1.82, 2.24) is 10.2 Å². The third-order valence-electron chi connectivity index (χ3n) is 5.34. The molecule has 0 radical (unpaired) electrons. The first-order valence-corrected chi connectivity index (χ1v) is 11.3. The number of nitrogens with zero attached hydrogens (tertiary/aromatic N) is 1. The van der Waals surface area contributed by atoms with E-state index in [0.29, 0.717) is 25.2 Å². The summed E-state index contributed by atoms with van der Waals surface area (Å²) >= 11 is 0. The number of nitrogens with one attached hydrogen (secondary N) is 1. The number of carbonyl (C=O) groups excluding carboxylic acids is 1. The van der Waals surface area contributed by atoms with Gasteiger partial charge in [-0.05, 0) is 41.3 Å². The number of hydrogen-bond donors (Lipinski definition) is 3.